The number of halogens is 1. The van der Waals surface area contributed by atoms with E-state index in [0.717, 1.165) is 28.8 Å². The van der Waals surface area contributed by atoms with Gasteiger partial charge in [-0.2, -0.15) is 0 Å². The van der Waals surface area contributed by atoms with Crippen LogP contribution >= 0.6 is 15.9 Å². The van der Waals surface area contributed by atoms with Gasteiger partial charge in [0.2, 0.25) is 11.8 Å². The quantitative estimate of drug-likeness (QED) is 0.805. The van der Waals surface area contributed by atoms with E-state index >= 15 is 0 Å². The Balaban J connectivity index is 1.76. The molecule has 0 saturated carbocycles. The van der Waals surface area contributed by atoms with Crippen molar-refractivity contribution in [3.8, 4) is 0 Å². The average Bonchev–Trinajstić information content (AvgIpc) is 2.47. The Morgan fingerprint density at radius 1 is 1.21 bits per heavy atom. The van der Waals surface area contributed by atoms with Crippen molar-refractivity contribution in [2.45, 2.75) is 27.2 Å². The lowest BCUT2D eigenvalue weighted by Gasteiger charge is -2.34. The number of nitrogens with zero attached hydrogens (tertiary/aromatic N) is 1. The van der Waals surface area contributed by atoms with E-state index in [0.29, 0.717) is 18.4 Å². The van der Waals surface area contributed by atoms with E-state index in [1.807, 2.05) is 25.1 Å². The highest BCUT2D eigenvalue weighted by atomic mass is 79.9. The molecule has 0 radical (unpaired) electrons. The first kappa shape index (κ1) is 18.9. The minimum Gasteiger partial charge on any atom is -0.346 e. The summed E-state index contributed by atoms with van der Waals surface area (Å²) >= 11 is 3.39. The highest BCUT2D eigenvalue weighted by molar-refractivity contribution is 9.10. The third-order valence-corrected chi connectivity index (χ3v) is 4.71. The maximum atomic E-state index is 12.1. The lowest BCUT2D eigenvalue weighted by molar-refractivity contribution is -0.125. The van der Waals surface area contributed by atoms with Gasteiger partial charge in [0.05, 0.1) is 13.1 Å². The Bertz CT molecular complexity index is 596. The molecule has 132 valence electrons. The molecule has 2 N–H and O–H groups in total. The summed E-state index contributed by atoms with van der Waals surface area (Å²) in [7, 11) is 0. The van der Waals surface area contributed by atoms with Gasteiger partial charge in [0, 0.05) is 23.2 Å². The highest BCUT2D eigenvalue weighted by Gasteiger charge is 2.23. The zero-order valence-corrected chi connectivity index (χ0v) is 16.1. The van der Waals surface area contributed by atoms with E-state index in [9.17, 15) is 9.59 Å². The van der Waals surface area contributed by atoms with Gasteiger partial charge in [-0.25, -0.2) is 0 Å². The molecule has 0 spiro atoms. The van der Waals surface area contributed by atoms with Crippen molar-refractivity contribution in [2.75, 3.05) is 31.5 Å². The zero-order valence-electron chi connectivity index (χ0n) is 14.6. The number of nitrogens with one attached hydrogen (secondary N) is 2. The fraction of sp³-hybridized carbons (Fsp3) is 0.556. The van der Waals surface area contributed by atoms with Crippen molar-refractivity contribution < 1.29 is 9.59 Å². The summed E-state index contributed by atoms with van der Waals surface area (Å²) in [5.41, 5.74) is 1.73. The van der Waals surface area contributed by atoms with Crippen LogP contribution in [0.5, 0.6) is 0 Å². The normalized spacial score (nSPS) is 21.3. The molecule has 0 aliphatic carbocycles. The number of amides is 2. The third-order valence-electron chi connectivity index (χ3n) is 4.22. The Morgan fingerprint density at radius 3 is 2.50 bits per heavy atom. The molecule has 0 unspecified atom stereocenters. The number of likely N-dealkylation sites (tertiary alicyclic amines) is 1. The van der Waals surface area contributed by atoms with Crippen LogP contribution in [0.2, 0.25) is 0 Å². The molecule has 2 rings (SSSR count). The van der Waals surface area contributed by atoms with E-state index < -0.39 is 0 Å². The summed E-state index contributed by atoms with van der Waals surface area (Å²) in [6.45, 7) is 8.61. The summed E-state index contributed by atoms with van der Waals surface area (Å²) in [4.78, 5) is 26.2. The molecule has 1 fully saturated rings. The smallest absolute Gasteiger partial charge is 0.243 e. The van der Waals surface area contributed by atoms with Gasteiger partial charge in [0.1, 0.15) is 0 Å². The van der Waals surface area contributed by atoms with Gasteiger partial charge in [0.15, 0.2) is 0 Å². The number of hydrogen-bond donors (Lipinski definition) is 2. The van der Waals surface area contributed by atoms with Gasteiger partial charge in [-0.1, -0.05) is 29.8 Å². The van der Waals surface area contributed by atoms with Crippen molar-refractivity contribution in [2.24, 2.45) is 11.8 Å². The summed E-state index contributed by atoms with van der Waals surface area (Å²) < 4.78 is 0.969. The van der Waals surface area contributed by atoms with Crippen LogP contribution in [0, 0.1) is 18.8 Å². The molecule has 24 heavy (non-hydrogen) atoms. The van der Waals surface area contributed by atoms with Gasteiger partial charge in [-0.3, -0.25) is 14.5 Å². The van der Waals surface area contributed by atoms with Crippen LogP contribution < -0.4 is 10.6 Å². The van der Waals surface area contributed by atoms with E-state index in [1.54, 1.807) is 0 Å². The summed E-state index contributed by atoms with van der Waals surface area (Å²) in [6.07, 6.45) is 1.22. The zero-order chi connectivity index (χ0) is 17.7. The Kier molecular flexibility index (Phi) is 6.80. The number of anilines is 1. The van der Waals surface area contributed by atoms with Gasteiger partial charge in [-0.15, -0.1) is 0 Å². The number of hydrogen-bond acceptors (Lipinski definition) is 3. The first-order chi connectivity index (χ1) is 11.3. The molecule has 2 amide bonds. The number of rotatable bonds is 5. The third kappa shape index (κ3) is 5.91. The largest absolute Gasteiger partial charge is 0.346 e. The molecule has 1 aromatic carbocycles. The maximum Gasteiger partial charge on any atom is 0.243 e. The molecular formula is C18H26BrN3O2. The summed E-state index contributed by atoms with van der Waals surface area (Å²) in [5.74, 6) is 0.920. The topological polar surface area (TPSA) is 61.4 Å². The second-order valence-corrected chi connectivity index (χ2v) is 7.84. The van der Waals surface area contributed by atoms with Gasteiger partial charge in [0.25, 0.3) is 0 Å². The predicted octanol–water partition coefficient (Wildman–Crippen LogP) is 2.79. The van der Waals surface area contributed by atoms with Crippen LogP contribution in [0.4, 0.5) is 5.69 Å². The molecule has 6 heteroatoms. The lowest BCUT2D eigenvalue weighted by atomic mass is 9.92. The van der Waals surface area contributed by atoms with Crippen molar-refractivity contribution >= 4 is 33.4 Å². The number of piperidine rings is 1. The Morgan fingerprint density at radius 2 is 1.88 bits per heavy atom. The number of carbonyl (C=O) groups excluding carboxylic acids is 2. The van der Waals surface area contributed by atoms with Crippen LogP contribution in [0.1, 0.15) is 25.8 Å². The molecule has 1 aliphatic rings. The van der Waals surface area contributed by atoms with Crippen molar-refractivity contribution in [1.29, 1.82) is 0 Å². The lowest BCUT2D eigenvalue weighted by Crippen LogP contribution is -2.45. The van der Waals surface area contributed by atoms with E-state index in [2.05, 4.69) is 45.3 Å². The Hall–Kier alpha value is -1.40. The standard InChI is InChI=1S/C18H26BrN3O2/c1-12-6-13(2)10-22(9-12)11-18(24)20-8-17(23)21-16-5-4-15(19)7-14(16)3/h4-5,7,12-13H,6,8-11H2,1-3H3,(H,20,24)(H,21,23)/t12-,13+. The SMILES string of the molecule is Cc1cc(Br)ccc1NC(=O)CNC(=O)CN1C[C@H](C)C[C@H](C)C1. The van der Waals surface area contributed by atoms with Crippen LogP contribution in [0.3, 0.4) is 0 Å². The highest BCUT2D eigenvalue weighted by Crippen LogP contribution is 2.21. The maximum absolute atomic E-state index is 12.1. The molecule has 0 aromatic heterocycles. The minimum atomic E-state index is -0.214. The summed E-state index contributed by atoms with van der Waals surface area (Å²) in [6, 6.07) is 5.66. The molecule has 5 nitrogen and oxygen atoms in total. The fourth-order valence-electron chi connectivity index (χ4n) is 3.32. The molecule has 0 bridgehead atoms. The molecule has 1 saturated heterocycles. The van der Waals surface area contributed by atoms with Gasteiger partial charge in [-0.05, 0) is 48.9 Å². The molecule has 1 aliphatic heterocycles. The number of benzene rings is 1. The molecule has 1 heterocycles. The van der Waals surface area contributed by atoms with Gasteiger partial charge >= 0.3 is 0 Å². The van der Waals surface area contributed by atoms with Crippen molar-refractivity contribution in [1.82, 2.24) is 10.2 Å². The Labute approximate surface area is 152 Å². The molecule has 2 atom stereocenters. The summed E-state index contributed by atoms with van der Waals surface area (Å²) in [5, 5.41) is 5.53. The van der Waals surface area contributed by atoms with Crippen molar-refractivity contribution in [3.63, 3.8) is 0 Å². The fourth-order valence-corrected chi connectivity index (χ4v) is 3.80. The first-order valence-corrected chi connectivity index (χ1v) is 9.18. The number of aryl methyl sites for hydroxylation is 1. The monoisotopic (exact) mass is 395 g/mol. The number of carbonyl (C=O) groups is 2. The van der Waals surface area contributed by atoms with Crippen LogP contribution in [0.25, 0.3) is 0 Å². The van der Waals surface area contributed by atoms with E-state index in [4.69, 9.17) is 0 Å². The van der Waals surface area contributed by atoms with Crippen LogP contribution in [-0.2, 0) is 9.59 Å². The second kappa shape index (κ2) is 8.62. The van der Waals surface area contributed by atoms with E-state index in [1.165, 1.54) is 6.42 Å². The first-order valence-electron chi connectivity index (χ1n) is 8.38. The van der Waals surface area contributed by atoms with Crippen LogP contribution in [0.15, 0.2) is 22.7 Å². The van der Waals surface area contributed by atoms with Crippen molar-refractivity contribution in [3.05, 3.63) is 28.2 Å². The second-order valence-electron chi connectivity index (χ2n) is 6.92. The molecular weight excluding hydrogens is 370 g/mol. The van der Waals surface area contributed by atoms with E-state index in [-0.39, 0.29) is 18.4 Å². The van der Waals surface area contributed by atoms with Gasteiger partial charge < -0.3 is 10.6 Å². The average molecular weight is 396 g/mol. The predicted molar refractivity (Wildman–Crippen MR) is 99.9 cm³/mol. The van der Waals surface area contributed by atoms with Crippen LogP contribution in [-0.4, -0.2) is 42.9 Å². The minimum absolute atomic E-state index is 0.00666. The molecule has 1 aromatic rings.